The van der Waals surface area contributed by atoms with Crippen LogP contribution in [0.15, 0.2) is 65.6 Å². The summed E-state index contributed by atoms with van der Waals surface area (Å²) >= 11 is 0. The van der Waals surface area contributed by atoms with Gasteiger partial charge in [0.15, 0.2) is 6.04 Å². The maximum absolute atomic E-state index is 12.7. The lowest BCUT2D eigenvalue weighted by Crippen LogP contribution is -2.35. The van der Waals surface area contributed by atoms with Gasteiger partial charge in [0.25, 0.3) is 15.9 Å². The summed E-state index contributed by atoms with van der Waals surface area (Å²) < 4.78 is 26.0. The highest BCUT2D eigenvalue weighted by Crippen LogP contribution is 2.31. The molecule has 0 saturated carbocycles. The van der Waals surface area contributed by atoms with Crippen molar-refractivity contribution in [1.82, 2.24) is 9.62 Å². The van der Waals surface area contributed by atoms with Crippen molar-refractivity contribution >= 4 is 22.0 Å². The molecule has 112 valence electrons. The van der Waals surface area contributed by atoms with E-state index in [0.717, 1.165) is 0 Å². The number of amides is 3. The van der Waals surface area contributed by atoms with Gasteiger partial charge in [0.2, 0.25) is 0 Å². The van der Waals surface area contributed by atoms with E-state index in [0.29, 0.717) is 9.87 Å². The molecule has 3 amide bonds. The number of benzene rings is 2. The first-order valence-electron chi connectivity index (χ1n) is 6.51. The molecule has 0 aliphatic carbocycles. The van der Waals surface area contributed by atoms with E-state index in [1.807, 2.05) is 0 Å². The van der Waals surface area contributed by atoms with Crippen molar-refractivity contribution in [2.24, 2.45) is 0 Å². The van der Waals surface area contributed by atoms with Crippen LogP contribution in [0.2, 0.25) is 0 Å². The predicted molar refractivity (Wildman–Crippen MR) is 78.2 cm³/mol. The summed E-state index contributed by atoms with van der Waals surface area (Å²) in [5, 5.41) is 2.06. The number of hydrogen-bond acceptors (Lipinski definition) is 4. The van der Waals surface area contributed by atoms with E-state index in [-0.39, 0.29) is 4.90 Å². The minimum absolute atomic E-state index is 0.0409. The van der Waals surface area contributed by atoms with Crippen molar-refractivity contribution in [3.8, 4) is 0 Å². The first kappa shape index (κ1) is 14.3. The summed E-state index contributed by atoms with van der Waals surface area (Å²) in [6, 6.07) is 13.7. The van der Waals surface area contributed by atoms with Gasteiger partial charge in [-0.3, -0.25) is 10.1 Å². The highest BCUT2D eigenvalue weighted by molar-refractivity contribution is 7.89. The van der Waals surface area contributed by atoms with Crippen LogP contribution < -0.4 is 5.32 Å². The van der Waals surface area contributed by atoms with Crippen molar-refractivity contribution in [2.45, 2.75) is 10.9 Å². The van der Waals surface area contributed by atoms with Gasteiger partial charge < -0.3 is 0 Å². The zero-order chi connectivity index (χ0) is 15.7. The van der Waals surface area contributed by atoms with Gasteiger partial charge >= 0.3 is 6.03 Å². The van der Waals surface area contributed by atoms with E-state index in [1.54, 1.807) is 48.5 Å². The second kappa shape index (κ2) is 5.27. The summed E-state index contributed by atoms with van der Waals surface area (Å²) in [7, 11) is -4.12. The predicted octanol–water partition coefficient (Wildman–Crippen LogP) is 1.67. The van der Waals surface area contributed by atoms with E-state index in [4.69, 9.17) is 0 Å². The van der Waals surface area contributed by atoms with Gasteiger partial charge in [0, 0.05) is 0 Å². The van der Waals surface area contributed by atoms with Crippen molar-refractivity contribution in [3.05, 3.63) is 66.2 Å². The normalized spacial score (nSPS) is 18.4. The molecule has 3 rings (SSSR count). The monoisotopic (exact) mass is 316 g/mol. The van der Waals surface area contributed by atoms with E-state index >= 15 is 0 Å². The molecule has 1 unspecified atom stereocenters. The number of urea groups is 1. The Bertz CT molecular complexity index is 819. The molecular formula is C15H12N2O4S. The number of carbonyl (C=O) groups excluding carboxylic acids is 2. The fourth-order valence-electron chi connectivity index (χ4n) is 2.33. The molecule has 2 aromatic carbocycles. The molecule has 1 heterocycles. The standard InChI is InChI=1S/C15H12N2O4S/c18-14-13(11-7-3-1-4-8-11)17(15(19)16-14)22(20,21)12-9-5-2-6-10-12/h1-10,13H,(H,16,18,19). The third-order valence-electron chi connectivity index (χ3n) is 3.33. The minimum Gasteiger partial charge on any atom is -0.275 e. The number of hydrogen-bond donors (Lipinski definition) is 1. The zero-order valence-electron chi connectivity index (χ0n) is 11.3. The van der Waals surface area contributed by atoms with Crippen LogP contribution in [0, 0.1) is 0 Å². The Kier molecular flexibility index (Phi) is 3.42. The average molecular weight is 316 g/mol. The molecule has 7 heteroatoms. The molecule has 1 aliphatic rings. The molecule has 6 nitrogen and oxygen atoms in total. The van der Waals surface area contributed by atoms with Gasteiger partial charge in [-0.1, -0.05) is 48.5 Å². The molecule has 1 aliphatic heterocycles. The van der Waals surface area contributed by atoms with Crippen molar-refractivity contribution in [3.63, 3.8) is 0 Å². The summed E-state index contributed by atoms with van der Waals surface area (Å²) in [6.07, 6.45) is 0. The van der Waals surface area contributed by atoms with Gasteiger partial charge in [0.1, 0.15) is 0 Å². The molecule has 1 atom stereocenters. The Labute approximate surface area is 127 Å². The van der Waals surface area contributed by atoms with Gasteiger partial charge in [-0.05, 0) is 17.7 Å². The lowest BCUT2D eigenvalue weighted by atomic mass is 10.1. The molecule has 1 fully saturated rings. The zero-order valence-corrected chi connectivity index (χ0v) is 12.2. The smallest absolute Gasteiger partial charge is 0.275 e. The second-order valence-electron chi connectivity index (χ2n) is 4.72. The Hall–Kier alpha value is -2.67. The molecule has 1 saturated heterocycles. The van der Waals surface area contributed by atoms with E-state index in [9.17, 15) is 18.0 Å². The topological polar surface area (TPSA) is 83.6 Å². The number of nitrogens with one attached hydrogen (secondary N) is 1. The number of imide groups is 1. The third-order valence-corrected chi connectivity index (χ3v) is 5.09. The summed E-state index contributed by atoms with van der Waals surface area (Å²) in [4.78, 5) is 24.0. The number of nitrogens with zero attached hydrogens (tertiary/aromatic N) is 1. The Balaban J connectivity index is 2.11. The molecule has 1 N–H and O–H groups in total. The first-order valence-corrected chi connectivity index (χ1v) is 7.95. The van der Waals surface area contributed by atoms with E-state index < -0.39 is 28.0 Å². The van der Waals surface area contributed by atoms with Crippen LogP contribution in [-0.4, -0.2) is 24.7 Å². The van der Waals surface area contributed by atoms with Crippen LogP contribution in [0.5, 0.6) is 0 Å². The number of sulfonamides is 1. The fourth-order valence-corrected chi connectivity index (χ4v) is 3.82. The molecule has 0 radical (unpaired) electrons. The summed E-state index contributed by atoms with van der Waals surface area (Å²) in [5.41, 5.74) is 0.436. The van der Waals surface area contributed by atoms with Crippen LogP contribution in [0.25, 0.3) is 0 Å². The van der Waals surface area contributed by atoms with E-state index in [1.165, 1.54) is 12.1 Å². The highest BCUT2D eigenvalue weighted by Gasteiger charge is 2.46. The van der Waals surface area contributed by atoms with Crippen molar-refractivity contribution in [2.75, 3.05) is 0 Å². The second-order valence-corrected chi connectivity index (χ2v) is 6.54. The third kappa shape index (κ3) is 2.25. The van der Waals surface area contributed by atoms with Crippen LogP contribution in [0.1, 0.15) is 11.6 Å². The van der Waals surface area contributed by atoms with Gasteiger partial charge in [0.05, 0.1) is 4.90 Å². The van der Waals surface area contributed by atoms with Crippen LogP contribution in [0.3, 0.4) is 0 Å². The summed E-state index contributed by atoms with van der Waals surface area (Å²) in [6.45, 7) is 0. The Morgan fingerprint density at radius 1 is 0.864 bits per heavy atom. The molecular weight excluding hydrogens is 304 g/mol. The molecule has 0 aromatic heterocycles. The lowest BCUT2D eigenvalue weighted by molar-refractivity contribution is -0.121. The van der Waals surface area contributed by atoms with Crippen LogP contribution in [0.4, 0.5) is 4.79 Å². The van der Waals surface area contributed by atoms with Crippen molar-refractivity contribution in [1.29, 1.82) is 0 Å². The minimum atomic E-state index is -4.12. The van der Waals surface area contributed by atoms with Crippen LogP contribution >= 0.6 is 0 Å². The Morgan fingerprint density at radius 3 is 2.00 bits per heavy atom. The quantitative estimate of drug-likeness (QED) is 0.873. The maximum atomic E-state index is 12.7. The Morgan fingerprint density at radius 2 is 1.41 bits per heavy atom. The number of carbonyl (C=O) groups is 2. The molecule has 22 heavy (non-hydrogen) atoms. The summed E-state index contributed by atoms with van der Waals surface area (Å²) in [5.74, 6) is -0.657. The van der Waals surface area contributed by atoms with E-state index in [2.05, 4.69) is 5.32 Å². The van der Waals surface area contributed by atoms with Crippen molar-refractivity contribution < 1.29 is 18.0 Å². The van der Waals surface area contributed by atoms with Gasteiger partial charge in [-0.25, -0.2) is 13.2 Å². The SMILES string of the molecule is O=C1NC(=O)N(S(=O)(=O)c2ccccc2)C1c1ccccc1. The highest BCUT2D eigenvalue weighted by atomic mass is 32.2. The first-order chi connectivity index (χ1) is 10.5. The maximum Gasteiger partial charge on any atom is 0.339 e. The van der Waals surface area contributed by atoms with Gasteiger partial charge in [-0.15, -0.1) is 0 Å². The molecule has 0 bridgehead atoms. The van der Waals surface area contributed by atoms with Gasteiger partial charge in [-0.2, -0.15) is 4.31 Å². The molecule has 2 aromatic rings. The lowest BCUT2D eigenvalue weighted by Gasteiger charge is -2.21. The van der Waals surface area contributed by atoms with Crippen LogP contribution in [-0.2, 0) is 14.8 Å². The fraction of sp³-hybridized carbons (Fsp3) is 0.0667. The molecule has 0 spiro atoms. The average Bonchev–Trinajstić information content (AvgIpc) is 2.84. The largest absolute Gasteiger partial charge is 0.339 e. The number of rotatable bonds is 3.